The maximum atomic E-state index is 10.5. The number of aryl methyl sites for hydroxylation is 1. The third-order valence-corrected chi connectivity index (χ3v) is 4.74. The summed E-state index contributed by atoms with van der Waals surface area (Å²) in [5.41, 5.74) is 2.37. The Morgan fingerprint density at radius 2 is 1.67 bits per heavy atom. The average molecular weight is 349 g/mol. The fraction of sp³-hybridized carbons (Fsp3) is 0.333. The molecule has 130 valence electrons. The first-order chi connectivity index (χ1) is 11.4. The summed E-state index contributed by atoms with van der Waals surface area (Å²) in [6.07, 6.45) is 1.19. The standard InChI is InChI=1S/C11H15NO.C7H8O3S/c1-13-11-4-2-9(3-5-11)6-10-7-12-8-10;1-6-2-4-7(5-3-6)11(8,9)10/h2-5,10,12H,6-8H2,1H3;2-5H,1H3,(H,8,9,10). The SMILES string of the molecule is COc1ccc(CC2CNC2)cc1.Cc1ccc(S(=O)(=O)O)cc1. The van der Waals surface area contributed by atoms with Crippen molar-refractivity contribution >= 4 is 10.1 Å². The first-order valence-corrected chi connectivity index (χ1v) is 9.20. The molecular formula is C18H23NO4S. The van der Waals surface area contributed by atoms with Crippen LogP contribution in [0.3, 0.4) is 0 Å². The molecule has 3 rings (SSSR count). The molecular weight excluding hydrogens is 326 g/mol. The number of nitrogens with one attached hydrogen (secondary N) is 1. The third kappa shape index (κ3) is 5.63. The van der Waals surface area contributed by atoms with Gasteiger partial charge < -0.3 is 10.1 Å². The molecule has 0 bridgehead atoms. The second kappa shape index (κ2) is 8.28. The molecule has 0 aliphatic carbocycles. The van der Waals surface area contributed by atoms with E-state index < -0.39 is 10.1 Å². The molecule has 0 radical (unpaired) electrons. The molecule has 1 fully saturated rings. The topological polar surface area (TPSA) is 75.6 Å². The van der Waals surface area contributed by atoms with Crippen LogP contribution in [0.4, 0.5) is 0 Å². The van der Waals surface area contributed by atoms with Crippen molar-refractivity contribution in [1.82, 2.24) is 5.32 Å². The zero-order chi connectivity index (χ0) is 17.6. The first-order valence-electron chi connectivity index (χ1n) is 7.76. The lowest BCUT2D eigenvalue weighted by molar-refractivity contribution is 0.346. The normalized spacial score (nSPS) is 14.3. The highest BCUT2D eigenvalue weighted by molar-refractivity contribution is 7.85. The molecule has 0 amide bonds. The Hall–Kier alpha value is -1.89. The van der Waals surface area contributed by atoms with Crippen LogP contribution in [0.5, 0.6) is 5.75 Å². The van der Waals surface area contributed by atoms with Gasteiger partial charge in [0.15, 0.2) is 0 Å². The van der Waals surface area contributed by atoms with Crippen molar-refractivity contribution in [3.63, 3.8) is 0 Å². The summed E-state index contributed by atoms with van der Waals surface area (Å²) in [5, 5.41) is 3.28. The minimum atomic E-state index is -4.02. The van der Waals surface area contributed by atoms with Crippen molar-refractivity contribution in [2.45, 2.75) is 18.2 Å². The van der Waals surface area contributed by atoms with Crippen LogP contribution < -0.4 is 10.1 Å². The van der Waals surface area contributed by atoms with Crippen molar-refractivity contribution in [3.8, 4) is 5.75 Å². The molecule has 1 aliphatic heterocycles. The molecule has 0 unspecified atom stereocenters. The van der Waals surface area contributed by atoms with Gasteiger partial charge in [0.2, 0.25) is 0 Å². The van der Waals surface area contributed by atoms with Crippen molar-refractivity contribution in [2.24, 2.45) is 5.92 Å². The molecule has 1 saturated heterocycles. The monoisotopic (exact) mass is 349 g/mol. The summed E-state index contributed by atoms with van der Waals surface area (Å²) in [6.45, 7) is 4.19. The minimum absolute atomic E-state index is 0.0666. The van der Waals surface area contributed by atoms with Gasteiger partial charge in [0.25, 0.3) is 10.1 Å². The van der Waals surface area contributed by atoms with Gasteiger partial charge in [-0.05, 0) is 62.2 Å². The predicted molar refractivity (Wildman–Crippen MR) is 94.1 cm³/mol. The third-order valence-electron chi connectivity index (χ3n) is 3.87. The smallest absolute Gasteiger partial charge is 0.294 e. The molecule has 0 atom stereocenters. The average Bonchev–Trinajstić information content (AvgIpc) is 2.52. The van der Waals surface area contributed by atoms with Crippen LogP contribution in [0, 0.1) is 12.8 Å². The van der Waals surface area contributed by atoms with Crippen LogP contribution in [0.1, 0.15) is 11.1 Å². The molecule has 2 N–H and O–H groups in total. The summed E-state index contributed by atoms with van der Waals surface area (Å²) in [6, 6.07) is 14.3. The summed E-state index contributed by atoms with van der Waals surface area (Å²) < 4.78 is 34.7. The van der Waals surface area contributed by atoms with E-state index in [1.165, 1.54) is 37.2 Å². The second-order valence-electron chi connectivity index (χ2n) is 5.86. The number of hydrogen-bond acceptors (Lipinski definition) is 4. The van der Waals surface area contributed by atoms with Crippen molar-refractivity contribution < 1.29 is 17.7 Å². The van der Waals surface area contributed by atoms with Gasteiger partial charge in [0, 0.05) is 0 Å². The van der Waals surface area contributed by atoms with E-state index in [1.54, 1.807) is 19.2 Å². The lowest BCUT2D eigenvalue weighted by Gasteiger charge is -2.27. The van der Waals surface area contributed by atoms with Gasteiger partial charge in [-0.3, -0.25) is 4.55 Å². The Kier molecular flexibility index (Phi) is 6.36. The first kappa shape index (κ1) is 18.4. The van der Waals surface area contributed by atoms with E-state index in [-0.39, 0.29) is 4.90 Å². The van der Waals surface area contributed by atoms with Gasteiger partial charge in [0.1, 0.15) is 5.75 Å². The number of hydrogen-bond donors (Lipinski definition) is 2. The van der Waals surface area contributed by atoms with Crippen LogP contribution in [-0.2, 0) is 16.5 Å². The van der Waals surface area contributed by atoms with Gasteiger partial charge >= 0.3 is 0 Å². The van der Waals surface area contributed by atoms with Gasteiger partial charge in [0.05, 0.1) is 12.0 Å². The van der Waals surface area contributed by atoms with Crippen LogP contribution in [0.15, 0.2) is 53.4 Å². The molecule has 0 aromatic heterocycles. The Morgan fingerprint density at radius 3 is 2.08 bits per heavy atom. The van der Waals surface area contributed by atoms with E-state index in [1.807, 2.05) is 19.1 Å². The molecule has 2 aromatic rings. The van der Waals surface area contributed by atoms with E-state index in [9.17, 15) is 8.42 Å². The maximum absolute atomic E-state index is 10.5. The number of benzene rings is 2. The molecule has 6 heteroatoms. The summed E-state index contributed by atoms with van der Waals surface area (Å²) >= 11 is 0. The van der Waals surface area contributed by atoms with Gasteiger partial charge in [-0.2, -0.15) is 8.42 Å². The molecule has 5 nitrogen and oxygen atoms in total. The van der Waals surface area contributed by atoms with Gasteiger partial charge in [-0.15, -0.1) is 0 Å². The molecule has 24 heavy (non-hydrogen) atoms. The van der Waals surface area contributed by atoms with E-state index >= 15 is 0 Å². The quantitative estimate of drug-likeness (QED) is 0.830. The number of methoxy groups -OCH3 is 1. The Labute approximate surface area is 143 Å². The maximum Gasteiger partial charge on any atom is 0.294 e. The molecule has 1 heterocycles. The van der Waals surface area contributed by atoms with E-state index in [0.29, 0.717) is 0 Å². The van der Waals surface area contributed by atoms with E-state index in [0.717, 1.165) is 17.2 Å². The zero-order valence-electron chi connectivity index (χ0n) is 13.9. The molecule has 0 saturated carbocycles. The Bertz CT molecular complexity index is 736. The predicted octanol–water partition coefficient (Wildman–Crippen LogP) is 2.70. The molecule has 1 aliphatic rings. The fourth-order valence-corrected chi connectivity index (χ4v) is 2.78. The van der Waals surface area contributed by atoms with E-state index in [4.69, 9.17) is 9.29 Å². The molecule has 0 spiro atoms. The second-order valence-corrected chi connectivity index (χ2v) is 7.29. The Balaban J connectivity index is 0.000000177. The van der Waals surface area contributed by atoms with Crippen molar-refractivity contribution in [3.05, 3.63) is 59.7 Å². The largest absolute Gasteiger partial charge is 0.497 e. The molecule has 2 aromatic carbocycles. The van der Waals surface area contributed by atoms with Crippen LogP contribution in [0.25, 0.3) is 0 Å². The lowest BCUT2D eigenvalue weighted by Crippen LogP contribution is -2.43. The van der Waals surface area contributed by atoms with Crippen LogP contribution in [-0.4, -0.2) is 33.2 Å². The summed E-state index contributed by atoms with van der Waals surface area (Å²) in [7, 11) is -2.32. The Morgan fingerprint density at radius 1 is 1.08 bits per heavy atom. The lowest BCUT2D eigenvalue weighted by atomic mass is 9.94. The van der Waals surface area contributed by atoms with Gasteiger partial charge in [-0.25, -0.2) is 0 Å². The minimum Gasteiger partial charge on any atom is -0.497 e. The fourth-order valence-electron chi connectivity index (χ4n) is 2.30. The van der Waals surface area contributed by atoms with Crippen molar-refractivity contribution in [1.29, 1.82) is 0 Å². The summed E-state index contributed by atoms with van der Waals surface area (Å²) in [4.78, 5) is -0.0666. The highest BCUT2D eigenvalue weighted by Gasteiger charge is 2.16. The number of rotatable bonds is 4. The zero-order valence-corrected chi connectivity index (χ0v) is 14.7. The van der Waals surface area contributed by atoms with Crippen LogP contribution >= 0.6 is 0 Å². The summed E-state index contributed by atoms with van der Waals surface area (Å²) in [5.74, 6) is 1.78. The van der Waals surface area contributed by atoms with Crippen molar-refractivity contribution in [2.75, 3.05) is 20.2 Å². The van der Waals surface area contributed by atoms with E-state index in [2.05, 4.69) is 17.4 Å². The van der Waals surface area contributed by atoms with Gasteiger partial charge in [-0.1, -0.05) is 29.8 Å². The highest BCUT2D eigenvalue weighted by atomic mass is 32.2. The van der Waals surface area contributed by atoms with Crippen LogP contribution in [0.2, 0.25) is 0 Å². The highest BCUT2D eigenvalue weighted by Crippen LogP contribution is 2.16. The number of ether oxygens (including phenoxy) is 1.